The molecule has 0 aromatic carbocycles. The molecule has 1 aromatic rings. The van der Waals surface area contributed by atoms with Crippen LogP contribution in [0, 0.1) is 0 Å². The topological polar surface area (TPSA) is 41.4 Å². The number of thioether (sulfide) groups is 1. The van der Waals surface area contributed by atoms with E-state index in [1.807, 2.05) is 17.8 Å². The van der Waals surface area contributed by atoms with Crippen LogP contribution in [0.5, 0.6) is 0 Å². The summed E-state index contributed by atoms with van der Waals surface area (Å²) >= 11 is 1.90. The van der Waals surface area contributed by atoms with E-state index in [4.69, 9.17) is 5.10 Å². The van der Waals surface area contributed by atoms with Gasteiger partial charge in [-0.25, -0.2) is 4.68 Å². The van der Waals surface area contributed by atoms with Gasteiger partial charge < -0.3 is 4.90 Å². The molecule has 0 bridgehead atoms. The van der Waals surface area contributed by atoms with Crippen molar-refractivity contribution in [3.05, 3.63) is 27.7 Å². The quantitative estimate of drug-likeness (QED) is 0.808. The van der Waals surface area contributed by atoms with Crippen LogP contribution in [-0.4, -0.2) is 64.1 Å². The van der Waals surface area contributed by atoms with Crippen LogP contribution in [0.2, 0.25) is 0 Å². The van der Waals surface area contributed by atoms with E-state index in [9.17, 15) is 4.79 Å². The smallest absolute Gasteiger partial charge is 0.267 e. The zero-order valence-electron chi connectivity index (χ0n) is 14.5. The lowest BCUT2D eigenvalue weighted by Crippen LogP contribution is -2.41. The van der Waals surface area contributed by atoms with E-state index in [1.165, 1.54) is 51.9 Å². The van der Waals surface area contributed by atoms with Gasteiger partial charge in [0.05, 0.1) is 12.2 Å². The maximum atomic E-state index is 12.4. The van der Waals surface area contributed by atoms with Crippen molar-refractivity contribution in [1.82, 2.24) is 19.6 Å². The van der Waals surface area contributed by atoms with Gasteiger partial charge in [0, 0.05) is 37.4 Å². The van der Waals surface area contributed by atoms with Gasteiger partial charge in [0.25, 0.3) is 5.56 Å². The highest BCUT2D eigenvalue weighted by Gasteiger charge is 2.26. The summed E-state index contributed by atoms with van der Waals surface area (Å²) in [5, 5.41) is 4.70. The average molecular weight is 349 g/mol. The number of likely N-dealkylation sites (tertiary alicyclic amines) is 2. The molecule has 0 N–H and O–H groups in total. The van der Waals surface area contributed by atoms with Crippen molar-refractivity contribution in [2.24, 2.45) is 0 Å². The molecule has 0 radical (unpaired) electrons. The van der Waals surface area contributed by atoms with Gasteiger partial charge in [-0.2, -0.15) is 16.9 Å². The number of hydrogen-bond donors (Lipinski definition) is 0. The van der Waals surface area contributed by atoms with E-state index in [0.717, 1.165) is 42.3 Å². The highest BCUT2D eigenvalue weighted by Crippen LogP contribution is 2.22. The molecule has 3 aliphatic heterocycles. The standard InChI is InChI=1S/C18H28N4OS/c23-18-12-15-14-24-11-5-17(15)19-22(18)13-16-4-3-8-21(16)10-9-20-6-1-2-7-20/h12,16H,1-11,13-14H2. The summed E-state index contributed by atoms with van der Waals surface area (Å²) in [6.07, 6.45) is 6.16. The Morgan fingerprint density at radius 1 is 1.17 bits per heavy atom. The number of hydrogen-bond acceptors (Lipinski definition) is 5. The first-order valence-corrected chi connectivity index (χ1v) is 10.6. The fraction of sp³-hybridized carbons (Fsp3) is 0.778. The average Bonchev–Trinajstić information content (AvgIpc) is 3.25. The second kappa shape index (κ2) is 7.58. The summed E-state index contributed by atoms with van der Waals surface area (Å²) in [7, 11) is 0. The zero-order valence-corrected chi connectivity index (χ0v) is 15.3. The van der Waals surface area contributed by atoms with E-state index in [0.29, 0.717) is 6.04 Å². The Kier molecular flexibility index (Phi) is 5.25. The fourth-order valence-electron chi connectivity index (χ4n) is 4.26. The molecule has 6 heteroatoms. The van der Waals surface area contributed by atoms with Crippen molar-refractivity contribution in [2.45, 2.75) is 50.4 Å². The number of fused-ring (bicyclic) bond motifs is 1. The Bertz CT molecular complexity index is 626. The molecule has 1 aromatic heterocycles. The molecule has 4 rings (SSSR count). The maximum absolute atomic E-state index is 12.4. The van der Waals surface area contributed by atoms with Gasteiger partial charge in [-0.1, -0.05) is 0 Å². The van der Waals surface area contributed by atoms with Gasteiger partial charge in [0.15, 0.2) is 0 Å². The summed E-state index contributed by atoms with van der Waals surface area (Å²) in [6.45, 7) is 6.79. The summed E-state index contributed by atoms with van der Waals surface area (Å²) in [5.74, 6) is 2.08. The van der Waals surface area contributed by atoms with Crippen LogP contribution in [0.25, 0.3) is 0 Å². The molecule has 2 fully saturated rings. The van der Waals surface area contributed by atoms with Crippen molar-refractivity contribution in [1.29, 1.82) is 0 Å². The molecule has 24 heavy (non-hydrogen) atoms. The minimum atomic E-state index is 0.0858. The Hall–Kier alpha value is -0.850. The molecule has 3 aliphatic rings. The van der Waals surface area contributed by atoms with Crippen molar-refractivity contribution in [3.63, 3.8) is 0 Å². The van der Waals surface area contributed by atoms with Crippen LogP contribution in [-0.2, 0) is 18.7 Å². The summed E-state index contributed by atoms with van der Waals surface area (Å²) in [5.41, 5.74) is 2.39. The van der Waals surface area contributed by atoms with Crippen LogP contribution < -0.4 is 5.56 Å². The molecular formula is C18H28N4OS. The third-order valence-electron chi connectivity index (χ3n) is 5.69. The third-order valence-corrected chi connectivity index (χ3v) is 6.70. The van der Waals surface area contributed by atoms with Crippen LogP contribution in [0.3, 0.4) is 0 Å². The van der Waals surface area contributed by atoms with Crippen molar-refractivity contribution in [3.8, 4) is 0 Å². The zero-order chi connectivity index (χ0) is 16.4. The Labute approximate surface area is 148 Å². The Morgan fingerprint density at radius 3 is 2.92 bits per heavy atom. The van der Waals surface area contributed by atoms with Crippen LogP contribution >= 0.6 is 11.8 Å². The molecule has 0 aliphatic carbocycles. The summed E-state index contributed by atoms with van der Waals surface area (Å²) < 4.78 is 1.74. The van der Waals surface area contributed by atoms with Gasteiger partial charge >= 0.3 is 0 Å². The lowest BCUT2D eigenvalue weighted by atomic mass is 10.2. The van der Waals surface area contributed by atoms with Gasteiger partial charge in [-0.05, 0) is 56.6 Å². The van der Waals surface area contributed by atoms with Crippen molar-refractivity contribution >= 4 is 11.8 Å². The molecule has 1 atom stereocenters. The predicted octanol–water partition coefficient (Wildman–Crippen LogP) is 1.59. The Balaban J connectivity index is 1.41. The summed E-state index contributed by atoms with van der Waals surface area (Å²) in [6, 6.07) is 2.31. The van der Waals surface area contributed by atoms with E-state index in [2.05, 4.69) is 9.80 Å². The molecule has 0 saturated carbocycles. The highest BCUT2D eigenvalue weighted by atomic mass is 32.2. The summed E-state index contributed by atoms with van der Waals surface area (Å²) in [4.78, 5) is 17.6. The molecule has 0 spiro atoms. The van der Waals surface area contributed by atoms with Crippen molar-refractivity contribution in [2.75, 3.05) is 38.5 Å². The molecule has 4 heterocycles. The lowest BCUT2D eigenvalue weighted by molar-refractivity contribution is 0.193. The van der Waals surface area contributed by atoms with Crippen LogP contribution in [0.15, 0.2) is 10.9 Å². The SMILES string of the molecule is O=c1cc2c(nn1CC1CCCN1CCN1CCCC1)CCSC2. The number of aryl methyl sites for hydroxylation is 1. The fourth-order valence-corrected chi connectivity index (χ4v) is 5.21. The molecule has 1 unspecified atom stereocenters. The lowest BCUT2D eigenvalue weighted by Gasteiger charge is -2.27. The van der Waals surface area contributed by atoms with E-state index < -0.39 is 0 Å². The maximum Gasteiger partial charge on any atom is 0.267 e. The van der Waals surface area contributed by atoms with Crippen molar-refractivity contribution < 1.29 is 0 Å². The Morgan fingerprint density at radius 2 is 2.04 bits per heavy atom. The second-order valence-electron chi connectivity index (χ2n) is 7.32. The van der Waals surface area contributed by atoms with Crippen LogP contribution in [0.1, 0.15) is 36.9 Å². The molecule has 0 amide bonds. The first-order chi connectivity index (χ1) is 11.8. The van der Waals surface area contributed by atoms with Gasteiger partial charge in [-0.15, -0.1) is 0 Å². The first-order valence-electron chi connectivity index (χ1n) is 9.44. The van der Waals surface area contributed by atoms with Gasteiger partial charge in [0.1, 0.15) is 0 Å². The van der Waals surface area contributed by atoms with E-state index >= 15 is 0 Å². The molecule has 2 saturated heterocycles. The van der Waals surface area contributed by atoms with Crippen LogP contribution in [0.4, 0.5) is 0 Å². The monoisotopic (exact) mass is 348 g/mol. The third kappa shape index (κ3) is 3.70. The molecular weight excluding hydrogens is 320 g/mol. The predicted molar refractivity (Wildman–Crippen MR) is 98.6 cm³/mol. The molecule has 132 valence electrons. The normalized spacial score (nSPS) is 25.2. The molecule has 5 nitrogen and oxygen atoms in total. The first kappa shape index (κ1) is 16.6. The highest BCUT2D eigenvalue weighted by molar-refractivity contribution is 7.98. The van der Waals surface area contributed by atoms with Gasteiger partial charge in [-0.3, -0.25) is 9.69 Å². The minimum absolute atomic E-state index is 0.0858. The largest absolute Gasteiger partial charge is 0.302 e. The number of aromatic nitrogens is 2. The van der Waals surface area contributed by atoms with E-state index in [1.54, 1.807) is 4.68 Å². The number of rotatable bonds is 5. The second-order valence-corrected chi connectivity index (χ2v) is 8.43. The van der Waals surface area contributed by atoms with Gasteiger partial charge in [0.2, 0.25) is 0 Å². The number of nitrogens with zero attached hydrogens (tertiary/aromatic N) is 4. The van der Waals surface area contributed by atoms with E-state index in [-0.39, 0.29) is 5.56 Å². The minimum Gasteiger partial charge on any atom is -0.302 e.